The van der Waals surface area contributed by atoms with E-state index in [9.17, 15) is 13.6 Å². The highest BCUT2D eigenvalue weighted by Crippen LogP contribution is 2.25. The van der Waals surface area contributed by atoms with Gasteiger partial charge in [-0.2, -0.15) is 0 Å². The zero-order valence-corrected chi connectivity index (χ0v) is 10.9. The van der Waals surface area contributed by atoms with E-state index >= 15 is 0 Å². The summed E-state index contributed by atoms with van der Waals surface area (Å²) in [5, 5.41) is 0. The summed E-state index contributed by atoms with van der Waals surface area (Å²) in [6.45, 7) is 2.52. The van der Waals surface area contributed by atoms with Crippen molar-refractivity contribution in [3.05, 3.63) is 33.8 Å². The molecule has 0 saturated carbocycles. The Morgan fingerprint density at radius 2 is 2.12 bits per heavy atom. The third-order valence-corrected chi connectivity index (χ3v) is 3.69. The molecule has 0 aliphatic carbocycles. The summed E-state index contributed by atoms with van der Waals surface area (Å²) in [7, 11) is 0. The molecule has 92 valence electrons. The maximum Gasteiger partial charge on any atom is 0.257 e. The molecular weight excluding hydrogens is 292 g/mol. The zero-order chi connectivity index (χ0) is 12.6. The number of carbonyl (C=O) groups excluding carboxylic acids is 1. The standard InChI is InChI=1S/C12H12BrF2NO/c1-7-3-2-6-16(7)12(17)8-4-5-9(13)11(15)10(8)14/h4-5,7H,2-3,6H2,1H3. The van der Waals surface area contributed by atoms with Crippen LogP contribution in [-0.2, 0) is 0 Å². The number of nitrogens with zero attached hydrogens (tertiary/aromatic N) is 1. The molecule has 0 radical (unpaired) electrons. The SMILES string of the molecule is CC1CCCN1C(=O)c1ccc(Br)c(F)c1F. The summed E-state index contributed by atoms with van der Waals surface area (Å²) in [5.41, 5.74) is -0.195. The molecule has 0 bridgehead atoms. The van der Waals surface area contributed by atoms with Gasteiger partial charge in [-0.3, -0.25) is 4.79 Å². The maximum atomic E-state index is 13.6. The van der Waals surface area contributed by atoms with Crippen molar-refractivity contribution < 1.29 is 13.6 Å². The molecule has 1 aliphatic rings. The number of hydrogen-bond donors (Lipinski definition) is 0. The predicted octanol–water partition coefficient (Wildman–Crippen LogP) is 3.35. The van der Waals surface area contributed by atoms with Crippen molar-refractivity contribution in [1.82, 2.24) is 4.90 Å². The van der Waals surface area contributed by atoms with Gasteiger partial charge in [0.15, 0.2) is 11.6 Å². The van der Waals surface area contributed by atoms with E-state index in [4.69, 9.17) is 0 Å². The van der Waals surface area contributed by atoms with E-state index in [1.807, 2.05) is 6.92 Å². The topological polar surface area (TPSA) is 20.3 Å². The Morgan fingerprint density at radius 1 is 1.41 bits per heavy atom. The van der Waals surface area contributed by atoms with Gasteiger partial charge in [-0.25, -0.2) is 8.78 Å². The van der Waals surface area contributed by atoms with Crippen LogP contribution in [0.2, 0.25) is 0 Å². The van der Waals surface area contributed by atoms with Crippen molar-refractivity contribution in [3.8, 4) is 0 Å². The third-order valence-electron chi connectivity index (χ3n) is 3.08. The van der Waals surface area contributed by atoms with Crippen LogP contribution in [-0.4, -0.2) is 23.4 Å². The van der Waals surface area contributed by atoms with Crippen LogP contribution in [0, 0.1) is 11.6 Å². The van der Waals surface area contributed by atoms with Crippen LogP contribution in [0.25, 0.3) is 0 Å². The molecule has 1 unspecified atom stereocenters. The van der Waals surface area contributed by atoms with Crippen LogP contribution >= 0.6 is 15.9 Å². The lowest BCUT2D eigenvalue weighted by atomic mass is 10.1. The summed E-state index contributed by atoms with van der Waals surface area (Å²) in [6.07, 6.45) is 1.82. The van der Waals surface area contributed by atoms with Crippen molar-refractivity contribution in [1.29, 1.82) is 0 Å². The number of hydrogen-bond acceptors (Lipinski definition) is 1. The van der Waals surface area contributed by atoms with Gasteiger partial charge in [-0.05, 0) is 47.8 Å². The second-order valence-corrected chi connectivity index (χ2v) is 5.07. The quantitative estimate of drug-likeness (QED) is 0.729. The number of halogens is 3. The van der Waals surface area contributed by atoms with Gasteiger partial charge >= 0.3 is 0 Å². The number of likely N-dealkylation sites (tertiary alicyclic amines) is 1. The summed E-state index contributed by atoms with van der Waals surface area (Å²) in [5.74, 6) is -2.52. The van der Waals surface area contributed by atoms with E-state index in [0.29, 0.717) is 6.54 Å². The third kappa shape index (κ3) is 2.20. The van der Waals surface area contributed by atoms with Gasteiger partial charge in [-0.15, -0.1) is 0 Å². The second-order valence-electron chi connectivity index (χ2n) is 4.21. The molecule has 1 aromatic carbocycles. The fourth-order valence-electron chi connectivity index (χ4n) is 2.08. The van der Waals surface area contributed by atoms with E-state index in [2.05, 4.69) is 15.9 Å². The first-order valence-electron chi connectivity index (χ1n) is 5.47. The minimum absolute atomic E-state index is 0.0287. The van der Waals surface area contributed by atoms with E-state index in [1.54, 1.807) is 4.90 Å². The molecule has 1 fully saturated rings. The first-order valence-corrected chi connectivity index (χ1v) is 6.26. The largest absolute Gasteiger partial charge is 0.336 e. The lowest BCUT2D eigenvalue weighted by Gasteiger charge is -2.21. The van der Waals surface area contributed by atoms with Crippen LogP contribution < -0.4 is 0 Å². The number of amides is 1. The molecule has 1 atom stereocenters. The normalized spacial score (nSPS) is 19.8. The lowest BCUT2D eigenvalue weighted by molar-refractivity contribution is 0.0741. The molecule has 2 nitrogen and oxygen atoms in total. The van der Waals surface area contributed by atoms with Crippen LogP contribution in [0.15, 0.2) is 16.6 Å². The van der Waals surface area contributed by atoms with Gasteiger partial charge in [0, 0.05) is 12.6 Å². The Bertz CT molecular complexity index is 464. The van der Waals surface area contributed by atoms with Crippen LogP contribution in [0.1, 0.15) is 30.1 Å². The van der Waals surface area contributed by atoms with E-state index in [1.165, 1.54) is 12.1 Å². The van der Waals surface area contributed by atoms with Crippen molar-refractivity contribution in [3.63, 3.8) is 0 Å². The first-order chi connectivity index (χ1) is 8.02. The van der Waals surface area contributed by atoms with Gasteiger partial charge < -0.3 is 4.90 Å². The molecule has 0 aromatic heterocycles. The van der Waals surface area contributed by atoms with Crippen molar-refractivity contribution >= 4 is 21.8 Å². The maximum absolute atomic E-state index is 13.6. The highest BCUT2D eigenvalue weighted by Gasteiger charge is 2.28. The zero-order valence-electron chi connectivity index (χ0n) is 9.34. The van der Waals surface area contributed by atoms with Crippen molar-refractivity contribution in [2.45, 2.75) is 25.8 Å². The molecule has 1 aromatic rings. The second kappa shape index (κ2) is 4.72. The number of rotatable bonds is 1. The summed E-state index contributed by atoms with van der Waals surface area (Å²) in [6, 6.07) is 2.76. The van der Waals surface area contributed by atoms with Gasteiger partial charge in [0.05, 0.1) is 10.0 Å². The highest BCUT2D eigenvalue weighted by atomic mass is 79.9. The highest BCUT2D eigenvalue weighted by molar-refractivity contribution is 9.10. The van der Waals surface area contributed by atoms with Crippen molar-refractivity contribution in [2.24, 2.45) is 0 Å². The summed E-state index contributed by atoms with van der Waals surface area (Å²) in [4.78, 5) is 13.6. The van der Waals surface area contributed by atoms with Gasteiger partial charge in [0.1, 0.15) is 0 Å². The number of carbonyl (C=O) groups is 1. The van der Waals surface area contributed by atoms with Crippen LogP contribution in [0.5, 0.6) is 0 Å². The molecule has 17 heavy (non-hydrogen) atoms. The molecule has 1 saturated heterocycles. The van der Waals surface area contributed by atoms with Gasteiger partial charge in [-0.1, -0.05) is 0 Å². The fraction of sp³-hybridized carbons (Fsp3) is 0.417. The van der Waals surface area contributed by atoms with Crippen molar-refractivity contribution in [2.75, 3.05) is 6.54 Å². The molecule has 1 aliphatic heterocycles. The smallest absolute Gasteiger partial charge is 0.257 e. The summed E-state index contributed by atoms with van der Waals surface area (Å²) < 4.78 is 27.0. The van der Waals surface area contributed by atoms with Gasteiger partial charge in [0.2, 0.25) is 0 Å². The molecule has 0 spiro atoms. The number of benzene rings is 1. The lowest BCUT2D eigenvalue weighted by Crippen LogP contribution is -2.34. The minimum Gasteiger partial charge on any atom is -0.336 e. The Kier molecular flexibility index (Phi) is 3.47. The predicted molar refractivity (Wildman–Crippen MR) is 63.8 cm³/mol. The molecule has 1 heterocycles. The molecular formula is C12H12BrF2NO. The first kappa shape index (κ1) is 12.5. The van der Waals surface area contributed by atoms with Crippen LogP contribution in [0.3, 0.4) is 0 Å². The van der Waals surface area contributed by atoms with E-state index < -0.39 is 17.5 Å². The molecule has 0 N–H and O–H groups in total. The Labute approximate surface area is 107 Å². The fourth-order valence-corrected chi connectivity index (χ4v) is 2.39. The average Bonchev–Trinajstić information content (AvgIpc) is 2.72. The average molecular weight is 304 g/mol. The molecule has 1 amide bonds. The van der Waals surface area contributed by atoms with Gasteiger partial charge in [0.25, 0.3) is 5.91 Å². The summed E-state index contributed by atoms with van der Waals surface area (Å²) >= 11 is 2.88. The van der Waals surface area contributed by atoms with E-state index in [0.717, 1.165) is 12.8 Å². The molecule has 5 heteroatoms. The van der Waals surface area contributed by atoms with Crippen LogP contribution in [0.4, 0.5) is 8.78 Å². The minimum atomic E-state index is -1.08. The monoisotopic (exact) mass is 303 g/mol. The van der Waals surface area contributed by atoms with E-state index in [-0.39, 0.29) is 16.1 Å². The Morgan fingerprint density at radius 3 is 2.71 bits per heavy atom. The Hall–Kier alpha value is -0.970. The molecule has 2 rings (SSSR count). The Balaban J connectivity index is 2.34.